The van der Waals surface area contributed by atoms with Crippen molar-refractivity contribution in [1.29, 1.82) is 0 Å². The molecule has 12 heavy (non-hydrogen) atoms. The van der Waals surface area contributed by atoms with E-state index in [2.05, 4.69) is 10.3 Å². The SMILES string of the molecule is O=S(O)CNc1cncc(F)c1. The van der Waals surface area contributed by atoms with Crippen molar-refractivity contribution in [2.75, 3.05) is 11.2 Å². The Morgan fingerprint density at radius 3 is 3.00 bits per heavy atom. The third-order valence-electron chi connectivity index (χ3n) is 1.10. The van der Waals surface area contributed by atoms with E-state index < -0.39 is 16.9 Å². The monoisotopic (exact) mass is 190 g/mol. The molecule has 1 rings (SSSR count). The van der Waals surface area contributed by atoms with Crippen LogP contribution in [0.25, 0.3) is 0 Å². The zero-order valence-corrected chi connectivity index (χ0v) is 6.84. The summed E-state index contributed by atoms with van der Waals surface area (Å²) in [6, 6.07) is 1.19. The average Bonchev–Trinajstić information content (AvgIpc) is 2.01. The number of pyridine rings is 1. The molecule has 0 saturated carbocycles. The molecule has 0 radical (unpaired) electrons. The van der Waals surface area contributed by atoms with Crippen LogP contribution in [-0.4, -0.2) is 19.6 Å². The lowest BCUT2D eigenvalue weighted by atomic mass is 10.4. The molecule has 0 bridgehead atoms. The van der Waals surface area contributed by atoms with Crippen LogP contribution in [0.5, 0.6) is 0 Å². The van der Waals surface area contributed by atoms with Crippen LogP contribution >= 0.6 is 0 Å². The molecule has 0 aliphatic carbocycles. The van der Waals surface area contributed by atoms with Crippen LogP contribution in [0.3, 0.4) is 0 Å². The van der Waals surface area contributed by atoms with Gasteiger partial charge in [0.2, 0.25) is 0 Å². The second kappa shape index (κ2) is 4.13. The summed E-state index contributed by atoms with van der Waals surface area (Å²) in [5, 5.41) is 2.53. The van der Waals surface area contributed by atoms with Gasteiger partial charge in [0, 0.05) is 6.07 Å². The van der Waals surface area contributed by atoms with Crippen molar-refractivity contribution >= 4 is 16.8 Å². The summed E-state index contributed by atoms with van der Waals surface area (Å²) >= 11 is -1.93. The van der Waals surface area contributed by atoms with Crippen LogP contribution in [0, 0.1) is 5.82 Å². The van der Waals surface area contributed by atoms with Gasteiger partial charge in [-0.25, -0.2) is 8.60 Å². The van der Waals surface area contributed by atoms with E-state index in [1.165, 1.54) is 12.3 Å². The maximum atomic E-state index is 12.5. The standard InChI is InChI=1S/C6H7FN2O2S/c7-5-1-6(3-8-2-5)9-4-12(10)11/h1-3,9H,4H2,(H,10,11). The maximum Gasteiger partial charge on any atom is 0.172 e. The number of rotatable bonds is 3. The minimum absolute atomic E-state index is 0.134. The summed E-state index contributed by atoms with van der Waals surface area (Å²) in [5.74, 6) is -0.616. The first-order valence-corrected chi connectivity index (χ1v) is 4.38. The van der Waals surface area contributed by atoms with Crippen LogP contribution in [0.2, 0.25) is 0 Å². The molecule has 1 aromatic rings. The number of anilines is 1. The van der Waals surface area contributed by atoms with Crippen molar-refractivity contribution in [2.45, 2.75) is 0 Å². The van der Waals surface area contributed by atoms with Crippen LogP contribution < -0.4 is 5.32 Å². The van der Waals surface area contributed by atoms with Crippen LogP contribution in [0.15, 0.2) is 18.5 Å². The highest BCUT2D eigenvalue weighted by atomic mass is 32.2. The summed E-state index contributed by atoms with van der Waals surface area (Å²) in [7, 11) is 0. The molecule has 2 N–H and O–H groups in total. The molecule has 66 valence electrons. The fourth-order valence-corrected chi connectivity index (χ4v) is 0.944. The number of nitrogens with zero attached hydrogens (tertiary/aromatic N) is 1. The Morgan fingerprint density at radius 2 is 2.42 bits per heavy atom. The quantitative estimate of drug-likeness (QED) is 0.692. The highest BCUT2D eigenvalue weighted by molar-refractivity contribution is 7.79. The summed E-state index contributed by atoms with van der Waals surface area (Å²) in [5.41, 5.74) is 0.386. The fourth-order valence-electron chi connectivity index (χ4n) is 0.654. The van der Waals surface area contributed by atoms with Crippen LogP contribution in [0.4, 0.5) is 10.1 Å². The molecular weight excluding hydrogens is 183 g/mol. The van der Waals surface area contributed by atoms with Gasteiger partial charge in [-0.15, -0.1) is 0 Å². The van der Waals surface area contributed by atoms with Gasteiger partial charge in [0.05, 0.1) is 18.1 Å². The predicted octanol–water partition coefficient (Wildman–Crippen LogP) is 0.812. The molecule has 1 aromatic heterocycles. The summed E-state index contributed by atoms with van der Waals surface area (Å²) in [4.78, 5) is 3.54. The molecular formula is C6H7FN2O2S. The van der Waals surface area contributed by atoms with Crippen molar-refractivity contribution < 1.29 is 13.2 Å². The van der Waals surface area contributed by atoms with Gasteiger partial charge in [-0.2, -0.15) is 0 Å². The predicted molar refractivity (Wildman–Crippen MR) is 43.5 cm³/mol. The van der Waals surface area contributed by atoms with E-state index in [-0.39, 0.29) is 5.88 Å². The normalized spacial score (nSPS) is 12.5. The van der Waals surface area contributed by atoms with Gasteiger partial charge in [0.25, 0.3) is 0 Å². The minimum Gasteiger partial charge on any atom is -0.370 e. The number of hydrogen-bond donors (Lipinski definition) is 2. The van der Waals surface area contributed by atoms with Crippen LogP contribution in [0.1, 0.15) is 0 Å². The third kappa shape index (κ3) is 2.93. The van der Waals surface area contributed by atoms with Gasteiger partial charge in [0.15, 0.2) is 11.1 Å². The molecule has 0 spiro atoms. The van der Waals surface area contributed by atoms with Crippen molar-refractivity contribution in [3.05, 3.63) is 24.3 Å². The molecule has 1 atom stereocenters. The van der Waals surface area contributed by atoms with Crippen molar-refractivity contribution in [3.63, 3.8) is 0 Å². The Hall–Kier alpha value is -1.01. The smallest absolute Gasteiger partial charge is 0.172 e. The lowest BCUT2D eigenvalue weighted by molar-refractivity contribution is 0.566. The zero-order valence-electron chi connectivity index (χ0n) is 6.03. The van der Waals surface area contributed by atoms with Gasteiger partial charge in [-0.3, -0.25) is 4.98 Å². The molecule has 0 aromatic carbocycles. The fraction of sp³-hybridized carbons (Fsp3) is 0.167. The number of nitrogens with one attached hydrogen (secondary N) is 1. The van der Waals surface area contributed by atoms with Crippen molar-refractivity contribution in [3.8, 4) is 0 Å². The largest absolute Gasteiger partial charge is 0.370 e. The molecule has 0 aliphatic rings. The van der Waals surface area contributed by atoms with Gasteiger partial charge >= 0.3 is 0 Å². The minimum atomic E-state index is -1.93. The van der Waals surface area contributed by atoms with E-state index in [4.69, 9.17) is 4.55 Å². The zero-order chi connectivity index (χ0) is 8.97. The molecule has 0 amide bonds. The summed E-state index contributed by atoms with van der Waals surface area (Å²) in [6.07, 6.45) is 2.43. The lowest BCUT2D eigenvalue weighted by Crippen LogP contribution is -2.07. The number of hydrogen-bond acceptors (Lipinski definition) is 3. The first kappa shape index (κ1) is 9.08. The van der Waals surface area contributed by atoms with Gasteiger partial charge in [0.1, 0.15) is 11.7 Å². The molecule has 1 heterocycles. The van der Waals surface area contributed by atoms with E-state index in [0.717, 1.165) is 6.20 Å². The van der Waals surface area contributed by atoms with E-state index in [1.54, 1.807) is 0 Å². The Bertz CT molecular complexity index is 295. The van der Waals surface area contributed by atoms with Crippen molar-refractivity contribution in [1.82, 2.24) is 4.98 Å². The second-order valence-corrected chi connectivity index (χ2v) is 2.97. The Balaban J connectivity index is 2.57. The number of aromatic nitrogens is 1. The Morgan fingerprint density at radius 1 is 1.67 bits per heavy atom. The Kier molecular flexibility index (Phi) is 3.12. The summed E-state index contributed by atoms with van der Waals surface area (Å²) < 4.78 is 31.0. The molecule has 4 nitrogen and oxygen atoms in total. The average molecular weight is 190 g/mol. The number of halogens is 1. The van der Waals surface area contributed by atoms with Crippen molar-refractivity contribution in [2.24, 2.45) is 0 Å². The van der Waals surface area contributed by atoms with Gasteiger partial charge in [-0.1, -0.05) is 0 Å². The van der Waals surface area contributed by atoms with E-state index in [0.29, 0.717) is 5.69 Å². The first-order chi connectivity index (χ1) is 5.68. The molecule has 0 aliphatic heterocycles. The molecule has 1 unspecified atom stereocenters. The second-order valence-electron chi connectivity index (χ2n) is 2.03. The van der Waals surface area contributed by atoms with Crippen LogP contribution in [-0.2, 0) is 11.1 Å². The summed E-state index contributed by atoms with van der Waals surface area (Å²) in [6.45, 7) is 0. The maximum absolute atomic E-state index is 12.5. The van der Waals surface area contributed by atoms with E-state index >= 15 is 0 Å². The van der Waals surface area contributed by atoms with Gasteiger partial charge < -0.3 is 9.87 Å². The first-order valence-electron chi connectivity index (χ1n) is 3.10. The third-order valence-corrected chi connectivity index (χ3v) is 1.50. The molecule has 0 fully saturated rings. The Labute approximate surface area is 71.1 Å². The van der Waals surface area contributed by atoms with E-state index in [1.807, 2.05) is 0 Å². The van der Waals surface area contributed by atoms with Gasteiger partial charge in [-0.05, 0) is 0 Å². The molecule has 6 heteroatoms. The van der Waals surface area contributed by atoms with E-state index in [9.17, 15) is 8.60 Å². The highest BCUT2D eigenvalue weighted by Gasteiger charge is 1.96. The lowest BCUT2D eigenvalue weighted by Gasteiger charge is -2.01. The molecule has 0 saturated heterocycles. The topological polar surface area (TPSA) is 62.2 Å². The highest BCUT2D eigenvalue weighted by Crippen LogP contribution is 2.05.